The number of rotatable bonds is 3. The first-order chi connectivity index (χ1) is 3.72. The van der Waals surface area contributed by atoms with Crippen molar-refractivity contribution in [1.82, 2.24) is 0 Å². The van der Waals surface area contributed by atoms with Crippen molar-refractivity contribution in [3.8, 4) is 0 Å². The van der Waals surface area contributed by atoms with Crippen molar-refractivity contribution in [2.24, 2.45) is 11.8 Å². The van der Waals surface area contributed by atoms with Crippen molar-refractivity contribution in [2.75, 3.05) is 0 Å². The molecule has 50 valence electrons. The SMILES string of the molecule is CC[C@@H](C)[C@@H](C)CC. The third kappa shape index (κ3) is 2.34. The summed E-state index contributed by atoms with van der Waals surface area (Å²) in [5.41, 5.74) is 0. The van der Waals surface area contributed by atoms with Crippen LogP contribution in [0.2, 0.25) is 0 Å². The Bertz CT molecular complexity index is 40.0. The summed E-state index contributed by atoms with van der Waals surface area (Å²) >= 11 is 0. The quantitative estimate of drug-likeness (QED) is 0.529. The van der Waals surface area contributed by atoms with Crippen LogP contribution in [0, 0.1) is 11.8 Å². The van der Waals surface area contributed by atoms with Gasteiger partial charge in [0.15, 0.2) is 0 Å². The Morgan fingerprint density at radius 2 is 1.12 bits per heavy atom. The lowest BCUT2D eigenvalue weighted by Gasteiger charge is -2.14. The van der Waals surface area contributed by atoms with Crippen molar-refractivity contribution in [3.63, 3.8) is 0 Å². The lowest BCUT2D eigenvalue weighted by atomic mass is 9.92. The maximum atomic E-state index is 2.33. The third-order valence-electron chi connectivity index (χ3n) is 2.26. The lowest BCUT2D eigenvalue weighted by molar-refractivity contribution is 0.367. The fourth-order valence-electron chi connectivity index (χ4n) is 0.805. The molecule has 0 aliphatic rings. The second-order valence-corrected chi connectivity index (χ2v) is 2.77. The van der Waals surface area contributed by atoms with Gasteiger partial charge in [-0.3, -0.25) is 0 Å². The molecule has 0 fully saturated rings. The minimum absolute atomic E-state index is 0.917. The molecule has 0 rings (SSSR count). The van der Waals surface area contributed by atoms with E-state index in [2.05, 4.69) is 27.7 Å². The van der Waals surface area contributed by atoms with Gasteiger partial charge in [-0.1, -0.05) is 40.5 Å². The van der Waals surface area contributed by atoms with Crippen LogP contribution in [0.1, 0.15) is 40.5 Å². The summed E-state index contributed by atoms with van der Waals surface area (Å²) < 4.78 is 0. The molecule has 0 saturated carbocycles. The van der Waals surface area contributed by atoms with E-state index >= 15 is 0 Å². The van der Waals surface area contributed by atoms with Crippen molar-refractivity contribution in [1.29, 1.82) is 0 Å². The van der Waals surface area contributed by atoms with E-state index in [1.54, 1.807) is 0 Å². The van der Waals surface area contributed by atoms with Crippen LogP contribution in [0.25, 0.3) is 0 Å². The van der Waals surface area contributed by atoms with Crippen LogP contribution in [-0.4, -0.2) is 0 Å². The molecule has 0 N–H and O–H groups in total. The van der Waals surface area contributed by atoms with Gasteiger partial charge in [0.2, 0.25) is 0 Å². The molecule has 0 spiro atoms. The van der Waals surface area contributed by atoms with Crippen LogP contribution in [0.15, 0.2) is 0 Å². The van der Waals surface area contributed by atoms with Gasteiger partial charge in [0, 0.05) is 0 Å². The van der Waals surface area contributed by atoms with Crippen LogP contribution in [0.5, 0.6) is 0 Å². The summed E-state index contributed by atoms with van der Waals surface area (Å²) in [6.45, 7) is 9.18. The average molecular weight is 114 g/mol. The first kappa shape index (κ1) is 8.00. The molecule has 0 nitrogen and oxygen atoms in total. The van der Waals surface area contributed by atoms with Gasteiger partial charge in [-0.25, -0.2) is 0 Å². The fourth-order valence-corrected chi connectivity index (χ4v) is 0.805. The van der Waals surface area contributed by atoms with Crippen LogP contribution >= 0.6 is 0 Å². The number of hydrogen-bond donors (Lipinski definition) is 0. The van der Waals surface area contributed by atoms with Gasteiger partial charge in [-0.15, -0.1) is 0 Å². The summed E-state index contributed by atoms with van der Waals surface area (Å²) in [6.07, 6.45) is 2.66. The average Bonchev–Trinajstić information content (AvgIpc) is 1.84. The topological polar surface area (TPSA) is 0 Å². The summed E-state index contributed by atoms with van der Waals surface area (Å²) in [7, 11) is 0. The van der Waals surface area contributed by atoms with Crippen molar-refractivity contribution >= 4 is 0 Å². The molecule has 0 unspecified atom stereocenters. The van der Waals surface area contributed by atoms with Crippen LogP contribution in [0.3, 0.4) is 0 Å². The van der Waals surface area contributed by atoms with E-state index < -0.39 is 0 Å². The van der Waals surface area contributed by atoms with Gasteiger partial charge in [-0.05, 0) is 11.8 Å². The molecule has 0 amide bonds. The Kier molecular flexibility index (Phi) is 3.94. The van der Waals surface area contributed by atoms with Crippen molar-refractivity contribution < 1.29 is 0 Å². The van der Waals surface area contributed by atoms with E-state index in [-0.39, 0.29) is 0 Å². The maximum absolute atomic E-state index is 2.33. The fraction of sp³-hybridized carbons (Fsp3) is 1.00. The molecule has 0 bridgehead atoms. The highest BCUT2D eigenvalue weighted by molar-refractivity contribution is 4.56. The highest BCUT2D eigenvalue weighted by Crippen LogP contribution is 2.16. The Labute approximate surface area is 53.3 Å². The van der Waals surface area contributed by atoms with Crippen molar-refractivity contribution in [3.05, 3.63) is 0 Å². The molecule has 0 aromatic heterocycles. The first-order valence-electron chi connectivity index (χ1n) is 3.72. The zero-order valence-electron chi connectivity index (χ0n) is 6.57. The third-order valence-corrected chi connectivity index (χ3v) is 2.26. The summed E-state index contributed by atoms with van der Waals surface area (Å²) in [6, 6.07) is 0. The van der Waals surface area contributed by atoms with Crippen LogP contribution in [0.4, 0.5) is 0 Å². The minimum Gasteiger partial charge on any atom is -0.0651 e. The van der Waals surface area contributed by atoms with Crippen LogP contribution in [-0.2, 0) is 0 Å². The molecular formula is C8H18. The van der Waals surface area contributed by atoms with E-state index in [0.717, 1.165) is 11.8 Å². The van der Waals surface area contributed by atoms with E-state index in [1.165, 1.54) is 12.8 Å². The first-order valence-corrected chi connectivity index (χ1v) is 3.72. The molecule has 8 heavy (non-hydrogen) atoms. The van der Waals surface area contributed by atoms with Crippen LogP contribution < -0.4 is 0 Å². The molecule has 0 aliphatic carbocycles. The standard InChI is InChI=1S/C8H18/c1-5-7(3)8(4)6-2/h7-8H,5-6H2,1-4H3/t7-,8+. The van der Waals surface area contributed by atoms with Crippen molar-refractivity contribution in [2.45, 2.75) is 40.5 Å². The highest BCUT2D eigenvalue weighted by Gasteiger charge is 2.05. The van der Waals surface area contributed by atoms with Gasteiger partial charge in [-0.2, -0.15) is 0 Å². The van der Waals surface area contributed by atoms with Gasteiger partial charge >= 0.3 is 0 Å². The Balaban J connectivity index is 3.29. The predicted molar refractivity (Wildman–Crippen MR) is 38.9 cm³/mol. The molecule has 2 atom stereocenters. The normalized spacial score (nSPS) is 18.0. The molecule has 0 radical (unpaired) electrons. The van der Waals surface area contributed by atoms with Gasteiger partial charge in [0.1, 0.15) is 0 Å². The summed E-state index contributed by atoms with van der Waals surface area (Å²) in [5, 5.41) is 0. The highest BCUT2D eigenvalue weighted by atomic mass is 14.1. The van der Waals surface area contributed by atoms with Gasteiger partial charge < -0.3 is 0 Å². The van der Waals surface area contributed by atoms with E-state index in [4.69, 9.17) is 0 Å². The number of hydrogen-bond acceptors (Lipinski definition) is 0. The summed E-state index contributed by atoms with van der Waals surface area (Å²) in [5.74, 6) is 1.83. The smallest absolute Gasteiger partial charge is 0.0420 e. The minimum atomic E-state index is 0.917. The Morgan fingerprint density at radius 3 is 1.25 bits per heavy atom. The molecule has 0 aromatic rings. The molecule has 0 aliphatic heterocycles. The Morgan fingerprint density at radius 1 is 0.875 bits per heavy atom. The van der Waals surface area contributed by atoms with E-state index in [0.29, 0.717) is 0 Å². The predicted octanol–water partition coefficient (Wildman–Crippen LogP) is 3.08. The molecular weight excluding hydrogens is 96.1 g/mol. The molecule has 0 saturated heterocycles. The maximum Gasteiger partial charge on any atom is -0.0420 e. The largest absolute Gasteiger partial charge is 0.0651 e. The second kappa shape index (κ2) is 3.94. The lowest BCUT2D eigenvalue weighted by Crippen LogP contribution is -2.04. The zero-order valence-corrected chi connectivity index (χ0v) is 6.57. The molecule has 0 heteroatoms. The molecule has 0 aromatic carbocycles. The zero-order chi connectivity index (χ0) is 6.57. The second-order valence-electron chi connectivity index (χ2n) is 2.77. The summed E-state index contributed by atoms with van der Waals surface area (Å²) in [4.78, 5) is 0. The van der Waals surface area contributed by atoms with E-state index in [9.17, 15) is 0 Å². The van der Waals surface area contributed by atoms with E-state index in [1.807, 2.05) is 0 Å². The Hall–Kier alpha value is 0. The molecule has 0 heterocycles. The monoisotopic (exact) mass is 114 g/mol. The van der Waals surface area contributed by atoms with Gasteiger partial charge in [0.25, 0.3) is 0 Å². The van der Waals surface area contributed by atoms with Gasteiger partial charge in [0.05, 0.1) is 0 Å².